The second kappa shape index (κ2) is 9.93. The van der Waals surface area contributed by atoms with E-state index in [1.165, 1.54) is 23.5 Å². The summed E-state index contributed by atoms with van der Waals surface area (Å²) in [5.74, 6) is 0.783. The van der Waals surface area contributed by atoms with Gasteiger partial charge in [-0.2, -0.15) is 0 Å². The SMILES string of the molecule is O=C(Cc1ccc(F)cc1)N1CCC(c2nc(C(=O)N3CC(Oc4ccccc4)C3)cs2)CC1. The highest BCUT2D eigenvalue weighted by Crippen LogP contribution is 2.31. The van der Waals surface area contributed by atoms with Crippen molar-refractivity contribution in [2.75, 3.05) is 26.2 Å². The first-order valence-corrected chi connectivity index (χ1v) is 12.4. The van der Waals surface area contributed by atoms with Gasteiger partial charge in [0.05, 0.1) is 24.5 Å². The molecule has 176 valence electrons. The molecule has 2 fully saturated rings. The molecule has 0 saturated carbocycles. The number of rotatable bonds is 6. The molecule has 0 spiro atoms. The summed E-state index contributed by atoms with van der Waals surface area (Å²) in [6.45, 7) is 2.46. The van der Waals surface area contributed by atoms with Gasteiger partial charge in [0.15, 0.2) is 0 Å². The number of hydrogen-bond acceptors (Lipinski definition) is 5. The van der Waals surface area contributed by atoms with Crippen LogP contribution < -0.4 is 4.74 Å². The summed E-state index contributed by atoms with van der Waals surface area (Å²) in [5, 5.41) is 2.81. The van der Waals surface area contributed by atoms with Crippen molar-refractivity contribution < 1.29 is 18.7 Å². The molecule has 2 amide bonds. The molecule has 2 aliphatic heterocycles. The van der Waals surface area contributed by atoms with Crippen LogP contribution in [0.3, 0.4) is 0 Å². The van der Waals surface area contributed by atoms with Gasteiger partial charge in [0.1, 0.15) is 23.4 Å². The molecule has 6 nitrogen and oxygen atoms in total. The van der Waals surface area contributed by atoms with Gasteiger partial charge >= 0.3 is 0 Å². The number of nitrogens with zero attached hydrogens (tertiary/aromatic N) is 3. The molecular weight excluding hydrogens is 453 g/mol. The van der Waals surface area contributed by atoms with Crippen molar-refractivity contribution in [3.8, 4) is 5.75 Å². The van der Waals surface area contributed by atoms with Crippen LogP contribution in [0, 0.1) is 5.82 Å². The number of likely N-dealkylation sites (tertiary alicyclic amines) is 2. The van der Waals surface area contributed by atoms with E-state index >= 15 is 0 Å². The number of carbonyl (C=O) groups is 2. The lowest BCUT2D eigenvalue weighted by Gasteiger charge is -2.38. The molecule has 2 saturated heterocycles. The van der Waals surface area contributed by atoms with Gasteiger partial charge in [-0.1, -0.05) is 30.3 Å². The maximum absolute atomic E-state index is 13.1. The summed E-state index contributed by atoms with van der Waals surface area (Å²) in [4.78, 5) is 33.7. The minimum atomic E-state index is -0.298. The van der Waals surface area contributed by atoms with Gasteiger partial charge in [0, 0.05) is 24.4 Å². The van der Waals surface area contributed by atoms with Crippen molar-refractivity contribution in [1.82, 2.24) is 14.8 Å². The number of ether oxygens (including phenoxy) is 1. The van der Waals surface area contributed by atoms with Crippen LogP contribution in [0.5, 0.6) is 5.75 Å². The maximum atomic E-state index is 13.1. The van der Waals surface area contributed by atoms with E-state index in [0.717, 1.165) is 29.2 Å². The van der Waals surface area contributed by atoms with Gasteiger partial charge in [-0.25, -0.2) is 9.37 Å². The number of hydrogen-bond donors (Lipinski definition) is 0. The highest BCUT2D eigenvalue weighted by atomic mass is 32.1. The molecule has 0 aliphatic carbocycles. The van der Waals surface area contributed by atoms with Crippen molar-refractivity contribution in [2.24, 2.45) is 0 Å². The second-order valence-electron chi connectivity index (χ2n) is 8.79. The molecule has 3 aromatic rings. The first-order chi connectivity index (χ1) is 16.5. The third-order valence-electron chi connectivity index (χ3n) is 6.39. The van der Waals surface area contributed by atoms with E-state index in [0.29, 0.717) is 31.9 Å². The first kappa shape index (κ1) is 22.5. The monoisotopic (exact) mass is 479 g/mol. The lowest BCUT2D eigenvalue weighted by Crippen LogP contribution is -2.56. The Morgan fingerprint density at radius 1 is 1.00 bits per heavy atom. The number of thiazole rings is 1. The average molecular weight is 480 g/mol. The molecule has 0 unspecified atom stereocenters. The number of halogens is 1. The molecule has 0 N–H and O–H groups in total. The van der Waals surface area contributed by atoms with Gasteiger partial charge in [-0.05, 0) is 42.7 Å². The van der Waals surface area contributed by atoms with E-state index in [4.69, 9.17) is 4.74 Å². The standard InChI is InChI=1S/C26H26FN3O3S/c27-20-8-6-18(7-9-20)14-24(31)29-12-10-19(11-13-29)25-28-23(17-34-25)26(32)30-15-22(16-30)33-21-4-2-1-3-5-21/h1-9,17,19,22H,10-16H2. The van der Waals surface area contributed by atoms with Crippen molar-refractivity contribution in [1.29, 1.82) is 0 Å². The predicted molar refractivity (Wildman–Crippen MR) is 128 cm³/mol. The summed E-state index contributed by atoms with van der Waals surface area (Å²) in [6.07, 6.45) is 1.95. The van der Waals surface area contributed by atoms with E-state index in [9.17, 15) is 14.0 Å². The summed E-state index contributed by atoms with van der Waals surface area (Å²) >= 11 is 1.52. The number of aromatic nitrogens is 1. The fourth-order valence-electron chi connectivity index (χ4n) is 4.37. The molecule has 2 aromatic carbocycles. The van der Waals surface area contributed by atoms with Gasteiger partial charge in [0.2, 0.25) is 5.91 Å². The molecule has 3 heterocycles. The Kier molecular flexibility index (Phi) is 6.58. The molecule has 8 heteroatoms. The summed E-state index contributed by atoms with van der Waals surface area (Å²) in [5.41, 5.74) is 1.31. The van der Waals surface area contributed by atoms with E-state index in [1.54, 1.807) is 17.0 Å². The minimum Gasteiger partial charge on any atom is -0.487 e. The van der Waals surface area contributed by atoms with Crippen molar-refractivity contribution in [2.45, 2.75) is 31.3 Å². The Morgan fingerprint density at radius 2 is 1.71 bits per heavy atom. The maximum Gasteiger partial charge on any atom is 0.273 e. The van der Waals surface area contributed by atoms with Gasteiger partial charge in [-0.3, -0.25) is 9.59 Å². The Morgan fingerprint density at radius 3 is 2.41 bits per heavy atom. The first-order valence-electron chi connectivity index (χ1n) is 11.5. The molecular formula is C26H26FN3O3S. The van der Waals surface area contributed by atoms with Gasteiger partial charge in [-0.15, -0.1) is 11.3 Å². The summed E-state index contributed by atoms with van der Waals surface area (Å²) in [6, 6.07) is 15.7. The van der Waals surface area contributed by atoms with Crippen LogP contribution in [-0.2, 0) is 11.2 Å². The molecule has 1 aromatic heterocycles. The topological polar surface area (TPSA) is 62.7 Å². The highest BCUT2D eigenvalue weighted by molar-refractivity contribution is 7.09. The van der Waals surface area contributed by atoms with E-state index in [2.05, 4.69) is 4.98 Å². The van der Waals surface area contributed by atoms with Crippen LogP contribution in [-0.4, -0.2) is 58.9 Å². The van der Waals surface area contributed by atoms with E-state index in [1.807, 2.05) is 40.6 Å². The van der Waals surface area contributed by atoms with Crippen LogP contribution in [0.1, 0.15) is 39.8 Å². The molecule has 0 radical (unpaired) electrons. The predicted octanol–water partition coefficient (Wildman–Crippen LogP) is 4.13. The van der Waals surface area contributed by atoms with Gasteiger partial charge < -0.3 is 14.5 Å². The van der Waals surface area contributed by atoms with E-state index < -0.39 is 0 Å². The zero-order chi connectivity index (χ0) is 23.5. The normalized spacial score (nSPS) is 16.9. The zero-order valence-electron chi connectivity index (χ0n) is 18.7. The Hall–Kier alpha value is -3.26. The number of amides is 2. The fourth-order valence-corrected chi connectivity index (χ4v) is 5.33. The van der Waals surface area contributed by atoms with Crippen LogP contribution in [0.25, 0.3) is 0 Å². The summed E-state index contributed by atoms with van der Waals surface area (Å²) in [7, 11) is 0. The van der Waals surface area contributed by atoms with Crippen LogP contribution >= 0.6 is 11.3 Å². The third-order valence-corrected chi connectivity index (χ3v) is 7.40. The van der Waals surface area contributed by atoms with Crippen molar-refractivity contribution in [3.05, 3.63) is 82.1 Å². The number of para-hydroxylation sites is 1. The Bertz CT molecular complexity index is 1140. The molecule has 2 aliphatic rings. The fraction of sp³-hybridized carbons (Fsp3) is 0.346. The van der Waals surface area contributed by atoms with Crippen LogP contribution in [0.2, 0.25) is 0 Å². The van der Waals surface area contributed by atoms with E-state index in [-0.39, 0.29) is 36.1 Å². The molecule has 5 rings (SSSR count). The zero-order valence-corrected chi connectivity index (χ0v) is 19.5. The quantitative estimate of drug-likeness (QED) is 0.533. The second-order valence-corrected chi connectivity index (χ2v) is 9.68. The Labute approximate surface area is 202 Å². The lowest BCUT2D eigenvalue weighted by molar-refractivity contribution is -0.131. The minimum absolute atomic E-state index is 0.0150. The van der Waals surface area contributed by atoms with Crippen molar-refractivity contribution >= 4 is 23.2 Å². The largest absolute Gasteiger partial charge is 0.487 e. The highest BCUT2D eigenvalue weighted by Gasteiger charge is 2.34. The van der Waals surface area contributed by atoms with Crippen molar-refractivity contribution in [3.63, 3.8) is 0 Å². The lowest BCUT2D eigenvalue weighted by atomic mass is 9.97. The number of carbonyl (C=O) groups excluding carboxylic acids is 2. The average Bonchev–Trinajstić information content (AvgIpc) is 3.33. The molecule has 34 heavy (non-hydrogen) atoms. The number of piperidine rings is 1. The van der Waals surface area contributed by atoms with Crippen LogP contribution in [0.15, 0.2) is 60.0 Å². The van der Waals surface area contributed by atoms with Crippen LogP contribution in [0.4, 0.5) is 4.39 Å². The Balaban J connectivity index is 1.09. The molecule has 0 bridgehead atoms. The summed E-state index contributed by atoms with van der Waals surface area (Å²) < 4.78 is 18.9. The van der Waals surface area contributed by atoms with Gasteiger partial charge in [0.25, 0.3) is 5.91 Å². The molecule has 0 atom stereocenters. The third kappa shape index (κ3) is 5.12. The number of benzene rings is 2. The smallest absolute Gasteiger partial charge is 0.273 e.